The lowest BCUT2D eigenvalue weighted by Crippen LogP contribution is -2.18. The highest BCUT2D eigenvalue weighted by atomic mass is 32.2. The molecule has 7 heteroatoms. The summed E-state index contributed by atoms with van der Waals surface area (Å²) in [5.74, 6) is -0.404. The Kier molecular flexibility index (Phi) is 4.43. The zero-order chi connectivity index (χ0) is 17.1. The van der Waals surface area contributed by atoms with Gasteiger partial charge in [-0.25, -0.2) is 0 Å². The molecule has 2 heterocycles. The van der Waals surface area contributed by atoms with Gasteiger partial charge in [0.15, 0.2) is 5.17 Å². The second-order valence-corrected chi connectivity index (χ2v) is 6.22. The molecule has 0 saturated carbocycles. The molecule has 0 aliphatic carbocycles. The van der Waals surface area contributed by atoms with Crippen molar-refractivity contribution < 1.29 is 9.59 Å². The average Bonchev–Trinajstić information content (AvgIpc) is 2.85. The SMILES string of the molecule is CC(=O)Nc1cccc(-c2cncc(/C=C3\SC(=N)NC3=O)c2)c1. The molecule has 1 saturated heterocycles. The van der Waals surface area contributed by atoms with Gasteiger partial charge < -0.3 is 10.6 Å². The van der Waals surface area contributed by atoms with E-state index in [1.807, 2.05) is 30.3 Å². The number of amidine groups is 1. The van der Waals surface area contributed by atoms with Crippen molar-refractivity contribution in [2.24, 2.45) is 0 Å². The van der Waals surface area contributed by atoms with E-state index in [-0.39, 0.29) is 17.0 Å². The quantitative estimate of drug-likeness (QED) is 0.750. The Balaban J connectivity index is 1.91. The molecule has 1 aliphatic heterocycles. The van der Waals surface area contributed by atoms with Gasteiger partial charge in [-0.2, -0.15) is 0 Å². The average molecular weight is 338 g/mol. The number of carbonyl (C=O) groups is 2. The topological polar surface area (TPSA) is 94.9 Å². The van der Waals surface area contributed by atoms with Crippen LogP contribution in [0.5, 0.6) is 0 Å². The fourth-order valence-corrected chi connectivity index (χ4v) is 2.97. The summed E-state index contributed by atoms with van der Waals surface area (Å²) < 4.78 is 0. The molecule has 120 valence electrons. The number of hydrogen-bond donors (Lipinski definition) is 3. The zero-order valence-electron chi connectivity index (χ0n) is 12.8. The van der Waals surface area contributed by atoms with Gasteiger partial charge >= 0.3 is 0 Å². The number of amides is 2. The van der Waals surface area contributed by atoms with Gasteiger partial charge in [0.25, 0.3) is 5.91 Å². The van der Waals surface area contributed by atoms with Gasteiger partial charge in [-0.05, 0) is 47.2 Å². The molecule has 3 N–H and O–H groups in total. The van der Waals surface area contributed by atoms with Gasteiger partial charge in [0.2, 0.25) is 5.91 Å². The number of pyridine rings is 1. The van der Waals surface area contributed by atoms with Crippen LogP contribution in [0.1, 0.15) is 12.5 Å². The van der Waals surface area contributed by atoms with Crippen molar-refractivity contribution in [3.05, 3.63) is 53.2 Å². The number of thioether (sulfide) groups is 1. The predicted molar refractivity (Wildman–Crippen MR) is 95.4 cm³/mol. The van der Waals surface area contributed by atoms with Crippen molar-refractivity contribution in [2.45, 2.75) is 6.92 Å². The first-order valence-corrected chi connectivity index (χ1v) is 7.95. The molecule has 6 nitrogen and oxygen atoms in total. The van der Waals surface area contributed by atoms with Crippen LogP contribution in [-0.2, 0) is 9.59 Å². The summed E-state index contributed by atoms with van der Waals surface area (Å²) >= 11 is 1.09. The third-order valence-electron chi connectivity index (χ3n) is 3.24. The van der Waals surface area contributed by atoms with Crippen LogP contribution in [0.15, 0.2) is 47.6 Å². The first-order valence-electron chi connectivity index (χ1n) is 7.14. The third kappa shape index (κ3) is 3.69. The summed E-state index contributed by atoms with van der Waals surface area (Å²) in [4.78, 5) is 27.5. The van der Waals surface area contributed by atoms with Gasteiger partial charge in [0.05, 0.1) is 4.91 Å². The lowest BCUT2D eigenvalue weighted by Gasteiger charge is -2.06. The summed E-state index contributed by atoms with van der Waals surface area (Å²) in [6.45, 7) is 1.46. The molecule has 1 fully saturated rings. The van der Waals surface area contributed by atoms with Crippen molar-refractivity contribution in [1.82, 2.24) is 10.3 Å². The Labute approximate surface area is 142 Å². The van der Waals surface area contributed by atoms with Crippen LogP contribution in [0.4, 0.5) is 5.69 Å². The van der Waals surface area contributed by atoms with Crippen LogP contribution >= 0.6 is 11.8 Å². The molecule has 0 radical (unpaired) electrons. The van der Waals surface area contributed by atoms with Crippen LogP contribution in [0.3, 0.4) is 0 Å². The second-order valence-electron chi connectivity index (χ2n) is 5.16. The Morgan fingerprint density at radius 2 is 2.12 bits per heavy atom. The van der Waals surface area contributed by atoms with Crippen molar-refractivity contribution >= 4 is 40.5 Å². The summed E-state index contributed by atoms with van der Waals surface area (Å²) in [6.07, 6.45) is 5.08. The van der Waals surface area contributed by atoms with E-state index in [1.165, 1.54) is 6.92 Å². The number of aromatic nitrogens is 1. The third-order valence-corrected chi connectivity index (χ3v) is 4.07. The van der Waals surface area contributed by atoms with Gasteiger partial charge in [-0.3, -0.25) is 20.0 Å². The van der Waals surface area contributed by atoms with Crippen molar-refractivity contribution in [1.29, 1.82) is 5.41 Å². The Morgan fingerprint density at radius 1 is 1.29 bits per heavy atom. The van der Waals surface area contributed by atoms with Gasteiger partial charge in [0, 0.05) is 30.6 Å². The molecule has 3 rings (SSSR count). The molecule has 2 amide bonds. The molecule has 0 spiro atoms. The van der Waals surface area contributed by atoms with Gasteiger partial charge in [-0.15, -0.1) is 0 Å². The van der Waals surface area contributed by atoms with Crippen LogP contribution < -0.4 is 10.6 Å². The smallest absolute Gasteiger partial charge is 0.264 e. The Hall–Kier alpha value is -2.93. The second kappa shape index (κ2) is 6.67. The minimum atomic E-state index is -0.275. The fourth-order valence-electron chi connectivity index (χ4n) is 2.27. The minimum Gasteiger partial charge on any atom is -0.326 e. The van der Waals surface area contributed by atoms with E-state index in [9.17, 15) is 9.59 Å². The Morgan fingerprint density at radius 3 is 2.83 bits per heavy atom. The minimum absolute atomic E-state index is 0.123. The first-order chi connectivity index (χ1) is 11.5. The molecular formula is C17H14N4O2S. The van der Waals surface area contributed by atoms with E-state index in [2.05, 4.69) is 15.6 Å². The number of benzene rings is 1. The van der Waals surface area contributed by atoms with Gasteiger partial charge in [0.1, 0.15) is 0 Å². The molecule has 24 heavy (non-hydrogen) atoms. The molecule has 1 aliphatic rings. The molecule has 0 atom stereocenters. The van der Waals surface area contributed by atoms with Crippen molar-refractivity contribution in [3.63, 3.8) is 0 Å². The molecule has 0 bridgehead atoms. The van der Waals surface area contributed by atoms with Crippen molar-refractivity contribution in [2.75, 3.05) is 5.32 Å². The summed E-state index contributed by atoms with van der Waals surface area (Å²) in [7, 11) is 0. The van der Waals surface area contributed by atoms with Crippen LogP contribution in [0.25, 0.3) is 17.2 Å². The standard InChI is InChI=1S/C17H14N4O2S/c1-10(22)20-14-4-2-3-12(7-14)13-5-11(8-19-9-13)6-15-16(23)21-17(18)24-15/h2-9H,1H3,(H,20,22)(H2,18,21,23)/b15-6-. The van der Waals surface area contributed by atoms with E-state index in [1.54, 1.807) is 18.5 Å². The number of anilines is 1. The first kappa shape index (κ1) is 15.9. The molecule has 1 aromatic heterocycles. The van der Waals surface area contributed by atoms with E-state index >= 15 is 0 Å². The van der Waals surface area contributed by atoms with Crippen LogP contribution in [-0.4, -0.2) is 22.0 Å². The monoisotopic (exact) mass is 338 g/mol. The van der Waals surface area contributed by atoms with E-state index in [0.29, 0.717) is 10.6 Å². The number of rotatable bonds is 3. The fraction of sp³-hybridized carbons (Fsp3) is 0.0588. The maximum atomic E-state index is 11.7. The number of nitrogens with one attached hydrogen (secondary N) is 3. The van der Waals surface area contributed by atoms with Gasteiger partial charge in [-0.1, -0.05) is 12.1 Å². The number of nitrogens with zero attached hydrogens (tertiary/aromatic N) is 1. The van der Waals surface area contributed by atoms with Crippen molar-refractivity contribution in [3.8, 4) is 11.1 Å². The lowest BCUT2D eigenvalue weighted by molar-refractivity contribution is -0.115. The van der Waals surface area contributed by atoms with E-state index < -0.39 is 0 Å². The number of carbonyl (C=O) groups excluding carboxylic acids is 2. The summed E-state index contributed by atoms with van der Waals surface area (Å²) in [6, 6.07) is 9.36. The summed E-state index contributed by atoms with van der Waals surface area (Å²) in [5, 5.41) is 12.8. The normalized spacial score (nSPS) is 15.5. The maximum absolute atomic E-state index is 11.7. The largest absolute Gasteiger partial charge is 0.326 e. The number of hydrogen-bond acceptors (Lipinski definition) is 5. The highest BCUT2D eigenvalue weighted by Crippen LogP contribution is 2.27. The lowest BCUT2D eigenvalue weighted by atomic mass is 10.1. The zero-order valence-corrected chi connectivity index (χ0v) is 13.6. The maximum Gasteiger partial charge on any atom is 0.264 e. The molecule has 1 aromatic carbocycles. The van der Waals surface area contributed by atoms with Crippen LogP contribution in [0, 0.1) is 5.41 Å². The highest BCUT2D eigenvalue weighted by Gasteiger charge is 2.22. The van der Waals surface area contributed by atoms with Crippen LogP contribution in [0.2, 0.25) is 0 Å². The summed E-state index contributed by atoms with van der Waals surface area (Å²) in [5.41, 5.74) is 3.26. The highest BCUT2D eigenvalue weighted by molar-refractivity contribution is 8.18. The predicted octanol–water partition coefficient (Wildman–Crippen LogP) is 2.85. The molecule has 2 aromatic rings. The van der Waals surface area contributed by atoms with E-state index in [4.69, 9.17) is 5.41 Å². The van der Waals surface area contributed by atoms with E-state index in [0.717, 1.165) is 28.5 Å². The molecular weight excluding hydrogens is 324 g/mol. The Bertz CT molecular complexity index is 876. The molecule has 0 unspecified atom stereocenters.